The molecule has 2 aromatic heterocycles. The molecule has 232 valence electrons. The van der Waals surface area contributed by atoms with Crippen LogP contribution in [0.5, 0.6) is 23.0 Å². The average Bonchev–Trinajstić information content (AvgIpc) is 3.19. The van der Waals surface area contributed by atoms with Crippen LogP contribution < -0.4 is 25.5 Å². The maximum absolute atomic E-state index is 13.3. The van der Waals surface area contributed by atoms with Crippen LogP contribution in [-0.2, 0) is 6.54 Å². The molecule has 0 radical (unpaired) electrons. The maximum atomic E-state index is 13.3. The number of thiophene rings is 1. The predicted octanol–water partition coefficient (Wildman–Crippen LogP) is 6.89. The summed E-state index contributed by atoms with van der Waals surface area (Å²) in [6.07, 6.45) is -18.4. The fraction of sp³-hybridized carbons (Fsp3) is 0.250. The van der Waals surface area contributed by atoms with Gasteiger partial charge >= 0.3 is 24.6 Å². The Labute approximate surface area is 241 Å². The van der Waals surface area contributed by atoms with Crippen LogP contribution >= 0.6 is 22.9 Å². The van der Waals surface area contributed by atoms with Gasteiger partial charge in [-0.1, -0.05) is 11.6 Å². The van der Waals surface area contributed by atoms with Crippen molar-refractivity contribution in [1.29, 1.82) is 0 Å². The Balaban J connectivity index is 1.79. The van der Waals surface area contributed by atoms with Crippen molar-refractivity contribution in [2.24, 2.45) is 0 Å². The highest BCUT2D eigenvalue weighted by Crippen LogP contribution is 2.43. The molecule has 0 amide bonds. The number of ether oxygens (including phenoxy) is 3. The van der Waals surface area contributed by atoms with Gasteiger partial charge in [-0.05, 0) is 48.4 Å². The van der Waals surface area contributed by atoms with Crippen molar-refractivity contribution in [1.82, 2.24) is 9.55 Å². The van der Waals surface area contributed by atoms with Crippen LogP contribution in [0.2, 0.25) is 5.02 Å². The molecular formula is C24H14ClF9N2O6S. The molecule has 1 atom stereocenters. The van der Waals surface area contributed by atoms with Gasteiger partial charge in [0.15, 0.2) is 17.6 Å². The maximum Gasteiger partial charge on any atom is 0.573 e. The van der Waals surface area contributed by atoms with E-state index >= 15 is 0 Å². The number of H-pyrrole nitrogens is 1. The van der Waals surface area contributed by atoms with Crippen molar-refractivity contribution < 1.29 is 58.8 Å². The highest BCUT2D eigenvalue weighted by molar-refractivity contribution is 7.22. The number of hydrogen-bond donors (Lipinski definition) is 2. The molecule has 4 aromatic rings. The average molecular weight is 665 g/mol. The van der Waals surface area contributed by atoms with Crippen molar-refractivity contribution in [3.63, 3.8) is 0 Å². The smallest absolute Gasteiger partial charge is 0.453 e. The minimum absolute atomic E-state index is 0.0490. The highest BCUT2D eigenvalue weighted by Gasteiger charge is 2.39. The number of benzene rings is 2. The van der Waals surface area contributed by atoms with Gasteiger partial charge in [-0.3, -0.25) is 14.3 Å². The monoisotopic (exact) mass is 664 g/mol. The lowest BCUT2D eigenvalue weighted by Crippen LogP contribution is -2.38. The molecule has 43 heavy (non-hydrogen) atoms. The van der Waals surface area contributed by atoms with Gasteiger partial charge in [0.05, 0.1) is 17.0 Å². The molecule has 2 heterocycles. The molecule has 2 N–H and O–H groups in total. The summed E-state index contributed by atoms with van der Waals surface area (Å²) in [5.41, 5.74) is -2.22. The zero-order valence-corrected chi connectivity index (χ0v) is 22.4. The van der Waals surface area contributed by atoms with Crippen molar-refractivity contribution in [2.45, 2.75) is 38.5 Å². The van der Waals surface area contributed by atoms with Crippen LogP contribution in [-0.4, -0.2) is 39.7 Å². The number of aliphatic hydroxyl groups is 1. The zero-order chi connectivity index (χ0) is 32.1. The number of aliphatic hydroxyl groups excluding tert-OH is 1. The topological polar surface area (TPSA) is 103 Å². The Morgan fingerprint density at radius 3 is 2.12 bits per heavy atom. The van der Waals surface area contributed by atoms with E-state index in [0.717, 1.165) is 30.3 Å². The second-order valence-electron chi connectivity index (χ2n) is 8.62. The van der Waals surface area contributed by atoms with Crippen molar-refractivity contribution >= 4 is 33.2 Å². The molecule has 0 unspecified atom stereocenters. The molecule has 8 nitrogen and oxygen atoms in total. The lowest BCUT2D eigenvalue weighted by Gasteiger charge is -2.16. The van der Waals surface area contributed by atoms with Crippen LogP contribution in [0, 0.1) is 6.92 Å². The van der Waals surface area contributed by atoms with E-state index in [1.54, 1.807) is 0 Å². The molecule has 0 aliphatic heterocycles. The summed E-state index contributed by atoms with van der Waals surface area (Å²) in [5.74, 6) is -2.65. The van der Waals surface area contributed by atoms with Gasteiger partial charge < -0.3 is 19.3 Å². The third-order valence-corrected chi connectivity index (χ3v) is 7.25. The zero-order valence-electron chi connectivity index (χ0n) is 20.9. The van der Waals surface area contributed by atoms with E-state index < -0.39 is 65.1 Å². The van der Waals surface area contributed by atoms with Gasteiger partial charge in [0.1, 0.15) is 16.3 Å². The summed E-state index contributed by atoms with van der Waals surface area (Å²) >= 11 is 6.35. The van der Waals surface area contributed by atoms with Gasteiger partial charge in [-0.25, -0.2) is 4.79 Å². The van der Waals surface area contributed by atoms with Gasteiger partial charge in [0.2, 0.25) is 0 Å². The first-order valence-corrected chi connectivity index (χ1v) is 12.6. The second kappa shape index (κ2) is 11.3. The molecule has 4 rings (SSSR count). The number of hydrogen-bond acceptors (Lipinski definition) is 7. The molecule has 0 saturated carbocycles. The number of nitrogens with zero attached hydrogens (tertiary/aromatic N) is 1. The van der Waals surface area contributed by atoms with E-state index in [4.69, 9.17) is 16.3 Å². The first kappa shape index (κ1) is 32.0. The van der Waals surface area contributed by atoms with Crippen LogP contribution in [0.4, 0.5) is 39.5 Å². The lowest BCUT2D eigenvalue weighted by molar-refractivity contribution is -0.275. The number of aryl methyl sites for hydroxylation is 1. The molecule has 19 heteroatoms. The Kier molecular flexibility index (Phi) is 8.42. The number of fused-ring (bicyclic) bond motifs is 1. The second-order valence-corrected chi connectivity index (χ2v) is 10.0. The van der Waals surface area contributed by atoms with Gasteiger partial charge in [-0.15, -0.1) is 37.7 Å². The van der Waals surface area contributed by atoms with E-state index in [9.17, 15) is 54.2 Å². The minimum atomic E-state index is -5.26. The number of rotatable bonds is 7. The molecule has 0 bridgehead atoms. The lowest BCUT2D eigenvalue weighted by atomic mass is 10.1. The van der Waals surface area contributed by atoms with Gasteiger partial charge in [0.25, 0.3) is 5.56 Å². The number of alkyl halides is 9. The Morgan fingerprint density at radius 1 is 0.930 bits per heavy atom. The van der Waals surface area contributed by atoms with Gasteiger partial charge in [-0.2, -0.15) is 13.2 Å². The van der Waals surface area contributed by atoms with Crippen LogP contribution in [0.3, 0.4) is 0 Å². The third-order valence-electron chi connectivity index (χ3n) is 5.59. The summed E-state index contributed by atoms with van der Waals surface area (Å²) < 4.78 is 130. The molecule has 0 aliphatic rings. The fourth-order valence-electron chi connectivity index (χ4n) is 3.81. The fourth-order valence-corrected chi connectivity index (χ4v) is 5.33. The summed E-state index contributed by atoms with van der Waals surface area (Å²) in [7, 11) is 0. The van der Waals surface area contributed by atoms with E-state index in [-0.39, 0.29) is 32.0 Å². The number of halogens is 10. The van der Waals surface area contributed by atoms with E-state index in [1.165, 1.54) is 13.0 Å². The van der Waals surface area contributed by atoms with Crippen molar-refractivity contribution in [3.8, 4) is 33.4 Å². The van der Waals surface area contributed by atoms with Crippen molar-refractivity contribution in [3.05, 3.63) is 67.8 Å². The van der Waals surface area contributed by atoms with E-state index in [1.807, 2.05) is 4.98 Å². The van der Waals surface area contributed by atoms with Crippen molar-refractivity contribution in [2.75, 3.05) is 0 Å². The third kappa shape index (κ3) is 7.37. The van der Waals surface area contributed by atoms with E-state index in [0.29, 0.717) is 15.9 Å². The van der Waals surface area contributed by atoms with Crippen LogP contribution in [0.25, 0.3) is 20.7 Å². The highest BCUT2D eigenvalue weighted by atomic mass is 35.5. The van der Waals surface area contributed by atoms with Crippen LogP contribution in [0.1, 0.15) is 5.56 Å². The Morgan fingerprint density at radius 2 is 1.53 bits per heavy atom. The SMILES string of the molecule is Cc1c(-c2ccc(Oc3ccc(OC(F)(F)F)c(Cl)c3)c(OC(F)(F)F)c2)sc2c1c(=O)[nH]c(=O)n2C[C@@H](O)C(F)(F)F. The van der Waals surface area contributed by atoms with Gasteiger partial charge in [0, 0.05) is 10.9 Å². The quantitative estimate of drug-likeness (QED) is 0.209. The molecule has 0 aliphatic carbocycles. The van der Waals surface area contributed by atoms with Crippen LogP contribution in [0.15, 0.2) is 46.0 Å². The first-order valence-electron chi connectivity index (χ1n) is 11.4. The standard InChI is InChI=1S/C24H14ClF9N2O6S/c1-9-17-19(38)35-21(39)36(8-16(37)22(26,27)28)20(17)43-18(9)10-2-4-14(15(6-10)42-24(32,33)34)40-11-3-5-13(12(25)7-11)41-23(29,30)31/h2-7,16,37H,8H2,1H3,(H,35,38,39)/t16-/m1/s1. The minimum Gasteiger partial charge on any atom is -0.453 e. The summed E-state index contributed by atoms with van der Waals surface area (Å²) in [6.45, 7) is 0.0548. The summed E-state index contributed by atoms with van der Waals surface area (Å²) in [4.78, 5) is 26.4. The molecule has 2 aromatic carbocycles. The molecule has 0 saturated heterocycles. The summed E-state index contributed by atoms with van der Waals surface area (Å²) in [5, 5.41) is 8.66. The first-order chi connectivity index (χ1) is 19.7. The number of aromatic nitrogens is 2. The number of nitrogens with one attached hydrogen (secondary N) is 1. The predicted molar refractivity (Wildman–Crippen MR) is 134 cm³/mol. The molecule has 0 spiro atoms. The number of aromatic amines is 1. The Hall–Kier alpha value is -3.90. The molecule has 0 fully saturated rings. The normalized spacial score (nSPS) is 13.3. The Bertz CT molecular complexity index is 1790. The largest absolute Gasteiger partial charge is 0.573 e. The summed E-state index contributed by atoms with van der Waals surface area (Å²) in [6, 6.07) is 5.53. The molecular weight excluding hydrogens is 651 g/mol. The van der Waals surface area contributed by atoms with E-state index in [2.05, 4.69) is 9.47 Å².